The number of hydrogen-bond acceptors (Lipinski definition) is 3. The summed E-state index contributed by atoms with van der Waals surface area (Å²) in [5.74, 6) is 2.50. The van der Waals surface area contributed by atoms with Crippen LogP contribution < -0.4 is 15.4 Å². The minimum atomic E-state index is 0. The minimum Gasteiger partial charge on any atom is -0.497 e. The van der Waals surface area contributed by atoms with E-state index in [2.05, 4.69) is 46.5 Å². The number of rotatable bonds is 7. The second kappa shape index (κ2) is 11.5. The number of guanidine groups is 1. The lowest BCUT2D eigenvalue weighted by Crippen LogP contribution is -2.40. The number of methoxy groups -OCH3 is 1. The molecule has 1 saturated heterocycles. The molecule has 0 spiro atoms. The highest BCUT2D eigenvalue weighted by Crippen LogP contribution is 2.14. The van der Waals surface area contributed by atoms with Crippen LogP contribution in [0.4, 0.5) is 0 Å². The van der Waals surface area contributed by atoms with E-state index < -0.39 is 0 Å². The smallest absolute Gasteiger partial charge is 0.191 e. The van der Waals surface area contributed by atoms with E-state index >= 15 is 0 Å². The molecule has 0 radical (unpaired) electrons. The first-order valence-corrected chi connectivity index (χ1v) is 8.62. The van der Waals surface area contributed by atoms with Crippen LogP contribution in [-0.4, -0.2) is 50.7 Å². The molecule has 2 rings (SSSR count). The normalized spacial score (nSPS) is 18.1. The van der Waals surface area contributed by atoms with Crippen molar-refractivity contribution in [1.29, 1.82) is 0 Å². The molecule has 1 aliphatic rings. The van der Waals surface area contributed by atoms with E-state index in [1.165, 1.54) is 25.1 Å². The number of aliphatic imine (C=N–C) groups is 1. The zero-order chi connectivity index (χ0) is 16.5. The second-order valence-electron chi connectivity index (χ2n) is 5.97. The zero-order valence-electron chi connectivity index (χ0n) is 15.0. The van der Waals surface area contributed by atoms with Gasteiger partial charge in [-0.25, -0.2) is 4.99 Å². The van der Waals surface area contributed by atoms with Crippen molar-refractivity contribution in [2.45, 2.75) is 26.8 Å². The standard InChI is InChI=1S/C18H30N4O.HI/c1-4-19-18(21-13-16-10-11-22(5-2)14-16)20-12-15-6-8-17(23-3)9-7-15;/h6-9,16H,4-5,10-14H2,1-3H3,(H2,19,20,21);1H. The molecule has 0 aromatic heterocycles. The van der Waals surface area contributed by atoms with Gasteiger partial charge in [-0.1, -0.05) is 19.1 Å². The predicted octanol–water partition coefficient (Wildman–Crippen LogP) is 2.71. The molecule has 1 heterocycles. The quantitative estimate of drug-likeness (QED) is 0.384. The van der Waals surface area contributed by atoms with E-state index in [9.17, 15) is 0 Å². The van der Waals surface area contributed by atoms with Gasteiger partial charge in [0.15, 0.2) is 5.96 Å². The highest BCUT2D eigenvalue weighted by molar-refractivity contribution is 14.0. The van der Waals surface area contributed by atoms with E-state index in [1.54, 1.807) is 7.11 Å². The zero-order valence-corrected chi connectivity index (χ0v) is 17.4. The number of nitrogens with one attached hydrogen (secondary N) is 2. The van der Waals surface area contributed by atoms with Crippen molar-refractivity contribution in [3.63, 3.8) is 0 Å². The van der Waals surface area contributed by atoms with E-state index in [0.717, 1.165) is 37.3 Å². The van der Waals surface area contributed by atoms with Crippen molar-refractivity contribution in [1.82, 2.24) is 15.5 Å². The molecule has 1 aromatic rings. The largest absolute Gasteiger partial charge is 0.497 e. The highest BCUT2D eigenvalue weighted by Gasteiger charge is 2.20. The van der Waals surface area contributed by atoms with E-state index in [4.69, 9.17) is 4.74 Å². The summed E-state index contributed by atoms with van der Waals surface area (Å²) in [6.45, 7) is 10.4. The maximum Gasteiger partial charge on any atom is 0.191 e. The van der Waals surface area contributed by atoms with Crippen LogP contribution in [0.5, 0.6) is 5.75 Å². The Morgan fingerprint density at radius 2 is 2.00 bits per heavy atom. The van der Waals surface area contributed by atoms with Gasteiger partial charge in [0.05, 0.1) is 13.7 Å². The third-order valence-corrected chi connectivity index (χ3v) is 4.30. The van der Waals surface area contributed by atoms with Crippen molar-refractivity contribution in [3.05, 3.63) is 29.8 Å². The van der Waals surface area contributed by atoms with Gasteiger partial charge in [0.1, 0.15) is 5.75 Å². The fraction of sp³-hybridized carbons (Fsp3) is 0.611. The number of benzene rings is 1. The van der Waals surface area contributed by atoms with Crippen molar-refractivity contribution >= 4 is 29.9 Å². The van der Waals surface area contributed by atoms with Crippen LogP contribution in [0.15, 0.2) is 29.3 Å². The summed E-state index contributed by atoms with van der Waals surface area (Å²) < 4.78 is 5.18. The molecule has 24 heavy (non-hydrogen) atoms. The summed E-state index contributed by atoms with van der Waals surface area (Å²) >= 11 is 0. The molecule has 1 atom stereocenters. The molecule has 0 aliphatic carbocycles. The molecule has 0 saturated carbocycles. The first-order chi connectivity index (χ1) is 11.2. The summed E-state index contributed by atoms with van der Waals surface area (Å²) in [5.41, 5.74) is 1.18. The average Bonchev–Trinajstić information content (AvgIpc) is 3.06. The third-order valence-electron chi connectivity index (χ3n) is 4.30. The Hall–Kier alpha value is -1.02. The summed E-state index contributed by atoms with van der Waals surface area (Å²) in [5, 5.41) is 6.81. The van der Waals surface area contributed by atoms with Crippen LogP contribution in [0.25, 0.3) is 0 Å². The maximum atomic E-state index is 5.18. The number of hydrogen-bond donors (Lipinski definition) is 2. The van der Waals surface area contributed by atoms with Gasteiger partial charge in [-0.3, -0.25) is 0 Å². The molecule has 1 fully saturated rings. The maximum absolute atomic E-state index is 5.18. The Balaban J connectivity index is 0.00000288. The molecule has 136 valence electrons. The van der Waals surface area contributed by atoms with Crippen LogP contribution >= 0.6 is 24.0 Å². The van der Waals surface area contributed by atoms with Gasteiger partial charge >= 0.3 is 0 Å². The van der Waals surface area contributed by atoms with Crippen molar-refractivity contribution in [2.75, 3.05) is 39.8 Å². The number of halogens is 1. The van der Waals surface area contributed by atoms with Crippen molar-refractivity contribution < 1.29 is 4.74 Å². The SMILES string of the molecule is CCNC(=NCc1ccc(OC)cc1)NCC1CCN(CC)C1.I. The molecule has 2 N–H and O–H groups in total. The molecular formula is C18H31IN4O. The molecule has 0 amide bonds. The summed E-state index contributed by atoms with van der Waals surface area (Å²) in [6.07, 6.45) is 1.28. The average molecular weight is 446 g/mol. The summed E-state index contributed by atoms with van der Waals surface area (Å²) in [6, 6.07) is 8.07. The molecule has 1 aliphatic heterocycles. The molecule has 0 bridgehead atoms. The second-order valence-corrected chi connectivity index (χ2v) is 5.97. The fourth-order valence-corrected chi connectivity index (χ4v) is 2.85. The molecule has 1 aromatic carbocycles. The first-order valence-electron chi connectivity index (χ1n) is 8.62. The molecule has 1 unspecified atom stereocenters. The van der Waals surface area contributed by atoms with Gasteiger partial charge in [-0.15, -0.1) is 24.0 Å². The Morgan fingerprint density at radius 1 is 1.25 bits per heavy atom. The highest BCUT2D eigenvalue weighted by atomic mass is 127. The third kappa shape index (κ3) is 6.84. The summed E-state index contributed by atoms with van der Waals surface area (Å²) in [7, 11) is 1.68. The van der Waals surface area contributed by atoms with Gasteiger partial charge in [-0.05, 0) is 50.0 Å². The van der Waals surface area contributed by atoms with E-state index in [0.29, 0.717) is 6.54 Å². The summed E-state index contributed by atoms with van der Waals surface area (Å²) in [4.78, 5) is 7.19. The first kappa shape index (κ1) is 21.0. The number of ether oxygens (including phenoxy) is 1. The molecule has 5 nitrogen and oxygen atoms in total. The topological polar surface area (TPSA) is 48.9 Å². The van der Waals surface area contributed by atoms with Gasteiger partial charge in [0, 0.05) is 19.6 Å². The van der Waals surface area contributed by atoms with Crippen molar-refractivity contribution in [3.8, 4) is 5.75 Å². The Morgan fingerprint density at radius 3 is 2.58 bits per heavy atom. The predicted molar refractivity (Wildman–Crippen MR) is 111 cm³/mol. The molecule has 6 heteroatoms. The van der Waals surface area contributed by atoms with Gasteiger partial charge in [0.2, 0.25) is 0 Å². The lowest BCUT2D eigenvalue weighted by Gasteiger charge is -2.16. The van der Waals surface area contributed by atoms with Crippen LogP contribution in [0.1, 0.15) is 25.8 Å². The van der Waals surface area contributed by atoms with Gasteiger partial charge in [0.25, 0.3) is 0 Å². The van der Waals surface area contributed by atoms with E-state index in [-0.39, 0.29) is 24.0 Å². The van der Waals surface area contributed by atoms with Crippen LogP contribution in [0.2, 0.25) is 0 Å². The fourth-order valence-electron chi connectivity index (χ4n) is 2.85. The lowest BCUT2D eigenvalue weighted by atomic mass is 10.1. The lowest BCUT2D eigenvalue weighted by molar-refractivity contribution is 0.342. The monoisotopic (exact) mass is 446 g/mol. The Bertz CT molecular complexity index is 492. The van der Waals surface area contributed by atoms with E-state index in [1.807, 2.05) is 12.1 Å². The molecular weight excluding hydrogens is 415 g/mol. The van der Waals surface area contributed by atoms with Crippen molar-refractivity contribution in [2.24, 2.45) is 10.9 Å². The van der Waals surface area contributed by atoms with Gasteiger partial charge in [-0.2, -0.15) is 0 Å². The van der Waals surface area contributed by atoms with Gasteiger partial charge < -0.3 is 20.3 Å². The van der Waals surface area contributed by atoms with Crippen LogP contribution in [0.3, 0.4) is 0 Å². The Labute approximate surface area is 163 Å². The number of likely N-dealkylation sites (tertiary alicyclic amines) is 1. The van der Waals surface area contributed by atoms with Crippen LogP contribution in [0, 0.1) is 5.92 Å². The van der Waals surface area contributed by atoms with Crippen LogP contribution in [-0.2, 0) is 6.54 Å². The minimum absolute atomic E-state index is 0. The number of nitrogens with zero attached hydrogens (tertiary/aromatic N) is 2. The Kier molecular flexibility index (Phi) is 10.1.